The molecule has 0 unspecified atom stereocenters. The Balaban J connectivity index is 1.34. The van der Waals surface area contributed by atoms with Crippen molar-refractivity contribution >= 4 is 43.0 Å². The molecule has 1 aliphatic rings. The van der Waals surface area contributed by atoms with Crippen molar-refractivity contribution in [3.8, 4) is 11.1 Å². The molecule has 3 aromatic rings. The zero-order valence-corrected chi connectivity index (χ0v) is 31.5. The van der Waals surface area contributed by atoms with Crippen LogP contribution < -0.4 is 5.32 Å². The molecule has 1 amide bonds. The van der Waals surface area contributed by atoms with Crippen molar-refractivity contribution in [2.45, 2.75) is 76.9 Å². The first-order valence-corrected chi connectivity index (χ1v) is 21.9. The summed E-state index contributed by atoms with van der Waals surface area (Å²) < 4.78 is 17.0. The van der Waals surface area contributed by atoms with Crippen LogP contribution in [-0.4, -0.2) is 62.3 Å². The summed E-state index contributed by atoms with van der Waals surface area (Å²) in [5.41, 5.74) is 5.39. The standard InChI is InChI=1S/C40H49NO7SSi/c1-28(2)38(41-40(45)47-27-35-33-20-11-9-18-31(33)32-19-10-12-21-34(32)35)39(44)48-30(26-36(42)46-22-24-50(3,4)5)17-13-14-23-49-37(43)25-29-15-7-6-8-16-29/h6-13,15-21,28,30,35,38H,14,22-27H2,1-5H3,(H,41,45)/b17-13+/t30-,38+/m1/s1. The molecule has 50 heavy (non-hydrogen) atoms. The zero-order chi connectivity index (χ0) is 36.1. The van der Waals surface area contributed by atoms with E-state index in [0.717, 1.165) is 33.9 Å². The Morgan fingerprint density at radius 3 is 2.10 bits per heavy atom. The molecule has 10 heteroatoms. The fraction of sp³-hybridized carbons (Fsp3) is 0.400. The predicted octanol–water partition coefficient (Wildman–Crippen LogP) is 8.18. The summed E-state index contributed by atoms with van der Waals surface area (Å²) in [7, 11) is -1.41. The van der Waals surface area contributed by atoms with E-state index in [0.29, 0.717) is 25.2 Å². The molecule has 0 radical (unpaired) electrons. The maximum atomic E-state index is 13.5. The number of hydrogen-bond acceptors (Lipinski definition) is 8. The van der Waals surface area contributed by atoms with Crippen LogP contribution in [0.2, 0.25) is 25.7 Å². The van der Waals surface area contributed by atoms with Crippen LogP contribution in [0.3, 0.4) is 0 Å². The van der Waals surface area contributed by atoms with E-state index in [-0.39, 0.29) is 30.0 Å². The zero-order valence-electron chi connectivity index (χ0n) is 29.7. The molecule has 1 N–H and O–H groups in total. The summed E-state index contributed by atoms with van der Waals surface area (Å²) in [6.45, 7) is 10.6. The van der Waals surface area contributed by atoms with Crippen LogP contribution in [0, 0.1) is 5.92 Å². The van der Waals surface area contributed by atoms with E-state index in [9.17, 15) is 19.2 Å². The summed E-state index contributed by atoms with van der Waals surface area (Å²) in [6, 6.07) is 25.5. The van der Waals surface area contributed by atoms with E-state index >= 15 is 0 Å². The van der Waals surface area contributed by atoms with E-state index in [2.05, 4.69) is 37.1 Å². The third kappa shape index (κ3) is 12.0. The molecule has 2 atom stereocenters. The Hall–Kier alpha value is -4.15. The fourth-order valence-electron chi connectivity index (χ4n) is 5.63. The maximum absolute atomic E-state index is 13.5. The van der Waals surface area contributed by atoms with Gasteiger partial charge in [0.05, 0.1) is 13.0 Å². The van der Waals surface area contributed by atoms with E-state index in [1.807, 2.05) is 66.7 Å². The SMILES string of the molecule is CC(C)[C@H](NC(=O)OCC1c2ccccc2-c2ccccc21)C(=O)O[C@H](/C=C/CCSC(=O)Cc1ccccc1)CC(=O)OCC[Si](C)(C)C. The minimum atomic E-state index is -1.41. The Bertz CT molecular complexity index is 1590. The third-order valence-corrected chi connectivity index (χ3v) is 11.0. The van der Waals surface area contributed by atoms with Gasteiger partial charge >= 0.3 is 18.0 Å². The number of carbonyl (C=O) groups is 4. The minimum absolute atomic E-state index is 0.0673. The largest absolute Gasteiger partial charge is 0.466 e. The molecule has 8 nitrogen and oxygen atoms in total. The van der Waals surface area contributed by atoms with Gasteiger partial charge in [-0.3, -0.25) is 9.59 Å². The van der Waals surface area contributed by atoms with Crippen LogP contribution in [0.25, 0.3) is 11.1 Å². The number of allylic oxidation sites excluding steroid dienone is 1. The fourth-order valence-corrected chi connectivity index (χ4v) is 7.10. The highest BCUT2D eigenvalue weighted by molar-refractivity contribution is 8.13. The van der Waals surface area contributed by atoms with E-state index in [1.165, 1.54) is 11.8 Å². The lowest BCUT2D eigenvalue weighted by atomic mass is 9.98. The lowest BCUT2D eigenvalue weighted by Crippen LogP contribution is -2.46. The predicted molar refractivity (Wildman–Crippen MR) is 202 cm³/mol. The monoisotopic (exact) mass is 715 g/mol. The second-order valence-corrected chi connectivity index (χ2v) is 20.8. The first kappa shape index (κ1) is 38.6. The number of thioether (sulfide) groups is 1. The van der Waals surface area contributed by atoms with Crippen molar-refractivity contribution < 1.29 is 33.4 Å². The molecular formula is C40H49NO7SSi. The molecule has 0 heterocycles. The lowest BCUT2D eigenvalue weighted by Gasteiger charge is -2.24. The Labute approximate surface area is 301 Å². The van der Waals surface area contributed by atoms with Crippen LogP contribution >= 0.6 is 11.8 Å². The normalized spacial score (nSPS) is 13.7. The number of hydrogen-bond donors (Lipinski definition) is 1. The second kappa shape index (κ2) is 18.7. The van der Waals surface area contributed by atoms with E-state index < -0.39 is 38.3 Å². The van der Waals surface area contributed by atoms with Crippen molar-refractivity contribution in [1.82, 2.24) is 5.32 Å². The molecule has 3 aromatic carbocycles. The number of nitrogens with one attached hydrogen (secondary N) is 1. The number of ether oxygens (including phenoxy) is 3. The lowest BCUT2D eigenvalue weighted by molar-refractivity contribution is -0.155. The third-order valence-electron chi connectivity index (χ3n) is 8.38. The van der Waals surface area contributed by atoms with Gasteiger partial charge in [0.15, 0.2) is 5.12 Å². The molecule has 1 aliphatic carbocycles. The summed E-state index contributed by atoms with van der Waals surface area (Å²) in [5.74, 6) is -1.04. The molecule has 0 aromatic heterocycles. The number of amides is 1. The van der Waals surface area contributed by atoms with Crippen molar-refractivity contribution in [1.29, 1.82) is 0 Å². The number of alkyl carbamates (subject to hydrolysis) is 1. The second-order valence-electron chi connectivity index (χ2n) is 14.0. The highest BCUT2D eigenvalue weighted by Gasteiger charge is 2.32. The summed E-state index contributed by atoms with van der Waals surface area (Å²) in [6.07, 6.45) is 2.56. The average Bonchev–Trinajstić information content (AvgIpc) is 3.39. The van der Waals surface area contributed by atoms with Crippen molar-refractivity contribution in [3.63, 3.8) is 0 Å². The molecule has 0 saturated carbocycles. The first-order valence-electron chi connectivity index (χ1n) is 17.2. The average molecular weight is 716 g/mol. The van der Waals surface area contributed by atoms with Gasteiger partial charge in [-0.25, -0.2) is 9.59 Å². The number of benzene rings is 3. The number of rotatable bonds is 17. The van der Waals surface area contributed by atoms with Crippen LogP contribution in [0.1, 0.15) is 49.3 Å². The Morgan fingerprint density at radius 1 is 0.860 bits per heavy atom. The summed E-state index contributed by atoms with van der Waals surface area (Å²) >= 11 is 1.24. The smallest absolute Gasteiger partial charge is 0.407 e. The molecule has 0 bridgehead atoms. The van der Waals surface area contributed by atoms with Crippen molar-refractivity contribution in [2.24, 2.45) is 5.92 Å². The van der Waals surface area contributed by atoms with Crippen molar-refractivity contribution in [3.05, 3.63) is 108 Å². The molecule has 0 spiro atoms. The topological polar surface area (TPSA) is 108 Å². The van der Waals surface area contributed by atoms with Crippen LogP contribution in [0.4, 0.5) is 4.79 Å². The van der Waals surface area contributed by atoms with Gasteiger partial charge in [0.1, 0.15) is 18.8 Å². The highest BCUT2D eigenvalue weighted by atomic mass is 32.2. The van der Waals surface area contributed by atoms with Gasteiger partial charge in [-0.2, -0.15) is 0 Å². The number of fused-ring (bicyclic) bond motifs is 3. The van der Waals surface area contributed by atoms with Gasteiger partial charge in [-0.05, 0) is 52.3 Å². The van der Waals surface area contributed by atoms with Gasteiger partial charge in [0.2, 0.25) is 0 Å². The number of esters is 2. The highest BCUT2D eigenvalue weighted by Crippen LogP contribution is 2.44. The van der Waals surface area contributed by atoms with Gasteiger partial charge in [0, 0.05) is 26.2 Å². The maximum Gasteiger partial charge on any atom is 0.407 e. The van der Waals surface area contributed by atoms with Crippen LogP contribution in [-0.2, 0) is 35.0 Å². The summed E-state index contributed by atoms with van der Waals surface area (Å²) in [5, 5.41) is 2.76. The number of carbonyl (C=O) groups excluding carboxylic acids is 4. The van der Waals surface area contributed by atoms with Gasteiger partial charge in [-0.1, -0.05) is 130 Å². The molecular weight excluding hydrogens is 667 g/mol. The summed E-state index contributed by atoms with van der Waals surface area (Å²) in [4.78, 5) is 51.7. The molecule has 0 fully saturated rings. The molecule has 0 aliphatic heterocycles. The minimum Gasteiger partial charge on any atom is -0.466 e. The molecule has 0 saturated heterocycles. The Morgan fingerprint density at radius 2 is 1.48 bits per heavy atom. The van der Waals surface area contributed by atoms with E-state index in [4.69, 9.17) is 14.2 Å². The quantitative estimate of drug-likeness (QED) is 0.0490. The van der Waals surface area contributed by atoms with Crippen LogP contribution in [0.15, 0.2) is 91.0 Å². The van der Waals surface area contributed by atoms with Crippen molar-refractivity contribution in [2.75, 3.05) is 19.0 Å². The Kier molecular flexibility index (Phi) is 14.5. The molecule has 266 valence electrons. The molecule has 4 rings (SSSR count). The van der Waals surface area contributed by atoms with Gasteiger partial charge < -0.3 is 19.5 Å². The first-order chi connectivity index (χ1) is 23.9. The van der Waals surface area contributed by atoms with Crippen LogP contribution in [0.5, 0.6) is 0 Å². The van der Waals surface area contributed by atoms with Gasteiger partial charge in [-0.15, -0.1) is 0 Å². The van der Waals surface area contributed by atoms with Gasteiger partial charge in [0.25, 0.3) is 0 Å². The van der Waals surface area contributed by atoms with E-state index in [1.54, 1.807) is 26.0 Å².